The molecule has 1 rings (SSSR count). The summed E-state index contributed by atoms with van der Waals surface area (Å²) < 4.78 is 5.67. The summed E-state index contributed by atoms with van der Waals surface area (Å²) in [7, 11) is 0. The van der Waals surface area contributed by atoms with Crippen molar-refractivity contribution in [2.24, 2.45) is 11.8 Å². The first kappa shape index (κ1) is 9.05. The molecule has 1 aliphatic heterocycles. The van der Waals surface area contributed by atoms with Gasteiger partial charge in [-0.3, -0.25) is 0 Å². The van der Waals surface area contributed by atoms with Crippen LogP contribution >= 0.6 is 0 Å². The highest BCUT2D eigenvalue weighted by molar-refractivity contribution is 4.73. The minimum absolute atomic E-state index is 0.569. The van der Waals surface area contributed by atoms with Gasteiger partial charge < -0.3 is 4.74 Å². The van der Waals surface area contributed by atoms with Crippen LogP contribution < -0.4 is 0 Å². The molecule has 1 heterocycles. The van der Waals surface area contributed by atoms with E-state index in [1.54, 1.807) is 0 Å². The Morgan fingerprint density at radius 2 is 2.18 bits per heavy atom. The molecule has 0 radical (unpaired) electrons. The Bertz CT molecular complexity index is 109. The lowest BCUT2D eigenvalue weighted by atomic mass is 9.98. The fourth-order valence-corrected chi connectivity index (χ4v) is 1.75. The number of hydrogen-bond donors (Lipinski definition) is 0. The Kier molecular flexibility index (Phi) is 3.38. The molecule has 1 heteroatoms. The van der Waals surface area contributed by atoms with Crippen molar-refractivity contribution >= 4 is 0 Å². The van der Waals surface area contributed by atoms with Gasteiger partial charge in [0, 0.05) is 6.61 Å². The average Bonchev–Trinajstić information content (AvgIpc) is 2.34. The summed E-state index contributed by atoms with van der Waals surface area (Å²) in [6.45, 7) is 7.80. The van der Waals surface area contributed by atoms with E-state index in [0.717, 1.165) is 18.4 Å². The second-order valence-electron chi connectivity index (χ2n) is 4.09. The monoisotopic (exact) mass is 156 g/mol. The van der Waals surface area contributed by atoms with Gasteiger partial charge in [-0.15, -0.1) is 0 Å². The highest BCUT2D eigenvalue weighted by Crippen LogP contribution is 2.26. The van der Waals surface area contributed by atoms with Crippen LogP contribution in [0, 0.1) is 11.8 Å². The second-order valence-corrected chi connectivity index (χ2v) is 4.09. The fourth-order valence-electron chi connectivity index (χ4n) is 1.75. The molecule has 0 N–H and O–H groups in total. The Morgan fingerprint density at radius 1 is 1.45 bits per heavy atom. The summed E-state index contributed by atoms with van der Waals surface area (Å²) in [4.78, 5) is 0. The molecule has 0 bridgehead atoms. The van der Waals surface area contributed by atoms with E-state index in [-0.39, 0.29) is 0 Å². The van der Waals surface area contributed by atoms with Gasteiger partial charge in [-0.2, -0.15) is 0 Å². The second kappa shape index (κ2) is 4.10. The Hall–Kier alpha value is -0.0400. The Balaban J connectivity index is 2.19. The van der Waals surface area contributed by atoms with Crippen molar-refractivity contribution in [2.45, 2.75) is 46.1 Å². The molecule has 11 heavy (non-hydrogen) atoms. The summed E-state index contributed by atoms with van der Waals surface area (Å²) in [5.41, 5.74) is 0. The zero-order chi connectivity index (χ0) is 8.27. The van der Waals surface area contributed by atoms with Gasteiger partial charge in [0.15, 0.2) is 0 Å². The largest absolute Gasteiger partial charge is 0.378 e. The minimum Gasteiger partial charge on any atom is -0.378 e. The van der Waals surface area contributed by atoms with Crippen LogP contribution in [0.2, 0.25) is 0 Å². The molecule has 2 atom stereocenters. The molecule has 0 amide bonds. The highest BCUT2D eigenvalue weighted by atomic mass is 16.5. The van der Waals surface area contributed by atoms with E-state index >= 15 is 0 Å². The average molecular weight is 156 g/mol. The van der Waals surface area contributed by atoms with Crippen LogP contribution in [-0.4, -0.2) is 12.7 Å². The number of ether oxygens (including phenoxy) is 1. The first-order valence-electron chi connectivity index (χ1n) is 4.84. The van der Waals surface area contributed by atoms with E-state index in [9.17, 15) is 0 Å². The lowest BCUT2D eigenvalue weighted by Crippen LogP contribution is -2.08. The molecule has 1 aliphatic rings. The molecule has 0 spiro atoms. The first-order valence-corrected chi connectivity index (χ1v) is 4.84. The quantitative estimate of drug-likeness (QED) is 0.610. The highest BCUT2D eigenvalue weighted by Gasteiger charge is 2.24. The molecule has 0 aromatic carbocycles. The van der Waals surface area contributed by atoms with Gasteiger partial charge in [0.2, 0.25) is 0 Å². The molecule has 0 unspecified atom stereocenters. The van der Waals surface area contributed by atoms with Gasteiger partial charge in [-0.05, 0) is 24.7 Å². The van der Waals surface area contributed by atoms with Crippen LogP contribution in [0.25, 0.3) is 0 Å². The standard InChI is InChI=1S/C10H20O/c1-4-9-6-10(11-7-9)5-8(2)3/h8-10H,4-7H2,1-3H3/t9-,10-/m0/s1. The van der Waals surface area contributed by atoms with Crippen LogP contribution in [0.15, 0.2) is 0 Å². The Labute approximate surface area is 70.1 Å². The van der Waals surface area contributed by atoms with E-state index < -0.39 is 0 Å². The molecular formula is C10H20O. The van der Waals surface area contributed by atoms with E-state index in [1.165, 1.54) is 19.3 Å². The topological polar surface area (TPSA) is 9.23 Å². The third-order valence-corrected chi connectivity index (χ3v) is 2.48. The molecule has 1 nitrogen and oxygen atoms in total. The normalized spacial score (nSPS) is 31.6. The van der Waals surface area contributed by atoms with Crippen molar-refractivity contribution in [3.8, 4) is 0 Å². The van der Waals surface area contributed by atoms with Crippen LogP contribution in [-0.2, 0) is 4.74 Å². The predicted molar refractivity (Wildman–Crippen MR) is 47.6 cm³/mol. The van der Waals surface area contributed by atoms with Crippen molar-refractivity contribution in [3.63, 3.8) is 0 Å². The molecule has 0 aromatic rings. The van der Waals surface area contributed by atoms with Crippen molar-refractivity contribution in [1.82, 2.24) is 0 Å². The van der Waals surface area contributed by atoms with E-state index in [4.69, 9.17) is 4.74 Å². The predicted octanol–water partition coefficient (Wildman–Crippen LogP) is 2.85. The maximum atomic E-state index is 5.67. The van der Waals surface area contributed by atoms with Crippen LogP contribution in [0.1, 0.15) is 40.0 Å². The third-order valence-electron chi connectivity index (χ3n) is 2.48. The number of hydrogen-bond acceptors (Lipinski definition) is 1. The van der Waals surface area contributed by atoms with Gasteiger partial charge in [-0.1, -0.05) is 27.2 Å². The van der Waals surface area contributed by atoms with Crippen molar-refractivity contribution < 1.29 is 4.74 Å². The summed E-state index contributed by atoms with van der Waals surface area (Å²) in [5.74, 6) is 1.63. The third kappa shape index (κ3) is 2.82. The molecule has 0 aromatic heterocycles. The number of rotatable bonds is 3. The first-order chi connectivity index (χ1) is 5.22. The zero-order valence-corrected chi connectivity index (χ0v) is 7.97. The van der Waals surface area contributed by atoms with Gasteiger partial charge in [-0.25, -0.2) is 0 Å². The van der Waals surface area contributed by atoms with Crippen LogP contribution in [0.5, 0.6) is 0 Å². The van der Waals surface area contributed by atoms with Crippen molar-refractivity contribution in [3.05, 3.63) is 0 Å². The minimum atomic E-state index is 0.569. The van der Waals surface area contributed by atoms with Crippen molar-refractivity contribution in [1.29, 1.82) is 0 Å². The SMILES string of the molecule is CC[C@@H]1CO[C@@H](CC(C)C)C1. The maximum Gasteiger partial charge on any atom is 0.0581 e. The molecule has 0 saturated carbocycles. The van der Waals surface area contributed by atoms with Crippen LogP contribution in [0.4, 0.5) is 0 Å². The Morgan fingerprint density at radius 3 is 2.64 bits per heavy atom. The van der Waals surface area contributed by atoms with Gasteiger partial charge in [0.05, 0.1) is 6.10 Å². The summed E-state index contributed by atoms with van der Waals surface area (Å²) in [6, 6.07) is 0. The van der Waals surface area contributed by atoms with E-state index in [2.05, 4.69) is 20.8 Å². The van der Waals surface area contributed by atoms with Gasteiger partial charge in [0.25, 0.3) is 0 Å². The molecule has 1 fully saturated rings. The summed E-state index contributed by atoms with van der Waals surface area (Å²) >= 11 is 0. The smallest absolute Gasteiger partial charge is 0.0581 e. The van der Waals surface area contributed by atoms with Crippen molar-refractivity contribution in [2.75, 3.05) is 6.61 Å². The lowest BCUT2D eigenvalue weighted by Gasteiger charge is -2.11. The lowest BCUT2D eigenvalue weighted by molar-refractivity contribution is 0.0903. The summed E-state index contributed by atoms with van der Waals surface area (Å²) in [6.07, 6.45) is 4.40. The summed E-state index contributed by atoms with van der Waals surface area (Å²) in [5, 5.41) is 0. The molecule has 1 saturated heterocycles. The van der Waals surface area contributed by atoms with E-state index in [1.807, 2.05) is 0 Å². The maximum absolute atomic E-state index is 5.67. The van der Waals surface area contributed by atoms with E-state index in [0.29, 0.717) is 6.10 Å². The van der Waals surface area contributed by atoms with Gasteiger partial charge >= 0.3 is 0 Å². The molecule has 0 aliphatic carbocycles. The van der Waals surface area contributed by atoms with Gasteiger partial charge in [0.1, 0.15) is 0 Å². The molecular weight excluding hydrogens is 136 g/mol. The zero-order valence-electron chi connectivity index (χ0n) is 7.97. The fraction of sp³-hybridized carbons (Fsp3) is 1.00. The van der Waals surface area contributed by atoms with Crippen LogP contribution in [0.3, 0.4) is 0 Å². The molecule has 66 valence electrons.